The van der Waals surface area contributed by atoms with Crippen LogP contribution >= 0.6 is 12.2 Å². The zero-order valence-corrected chi connectivity index (χ0v) is 12.4. The fourth-order valence-corrected chi connectivity index (χ4v) is 2.42. The lowest BCUT2D eigenvalue weighted by atomic mass is 10.2. The standard InChI is InChI=1S/C17H15N3S/c1-12-6-2-3-8-14(12)19-17(21)20-16-10-4-9-15-13(16)7-5-11-18-15/h2-11H,1H3,(H2,19,20,21). The molecule has 0 aliphatic heterocycles. The molecule has 0 saturated carbocycles. The van der Waals surface area contributed by atoms with Crippen LogP contribution in [0.1, 0.15) is 5.56 Å². The van der Waals surface area contributed by atoms with E-state index in [1.54, 1.807) is 6.20 Å². The van der Waals surface area contributed by atoms with Crippen molar-refractivity contribution in [3.05, 3.63) is 66.4 Å². The molecule has 2 aromatic carbocycles. The Labute approximate surface area is 129 Å². The maximum absolute atomic E-state index is 5.40. The highest BCUT2D eigenvalue weighted by Gasteiger charge is 2.04. The molecule has 21 heavy (non-hydrogen) atoms. The third-order valence-corrected chi connectivity index (χ3v) is 3.49. The number of thiocarbonyl (C=S) groups is 1. The van der Waals surface area contributed by atoms with E-state index in [9.17, 15) is 0 Å². The van der Waals surface area contributed by atoms with Crippen molar-refractivity contribution in [2.24, 2.45) is 0 Å². The SMILES string of the molecule is Cc1ccccc1NC(=S)Nc1cccc2ncccc12. The molecule has 0 bridgehead atoms. The second-order valence-corrected chi connectivity index (χ2v) is 5.18. The quantitative estimate of drug-likeness (QED) is 0.689. The molecule has 3 rings (SSSR count). The second kappa shape index (κ2) is 5.89. The Morgan fingerprint density at radius 2 is 1.67 bits per heavy atom. The summed E-state index contributed by atoms with van der Waals surface area (Å²) in [5, 5.41) is 8.08. The van der Waals surface area contributed by atoms with Crippen molar-refractivity contribution in [2.45, 2.75) is 6.92 Å². The van der Waals surface area contributed by atoms with Crippen molar-refractivity contribution >= 4 is 39.6 Å². The molecule has 3 nitrogen and oxygen atoms in total. The molecular weight excluding hydrogens is 278 g/mol. The summed E-state index contributed by atoms with van der Waals surface area (Å²) in [6.45, 7) is 2.05. The van der Waals surface area contributed by atoms with Crippen molar-refractivity contribution in [3.8, 4) is 0 Å². The highest BCUT2D eigenvalue weighted by Crippen LogP contribution is 2.22. The van der Waals surface area contributed by atoms with Gasteiger partial charge in [-0.25, -0.2) is 0 Å². The Balaban J connectivity index is 1.82. The molecule has 4 heteroatoms. The lowest BCUT2D eigenvalue weighted by molar-refractivity contribution is 1.41. The van der Waals surface area contributed by atoms with Crippen LogP contribution < -0.4 is 10.6 Å². The number of fused-ring (bicyclic) bond motifs is 1. The molecule has 3 aromatic rings. The van der Waals surface area contributed by atoms with Crippen molar-refractivity contribution in [1.29, 1.82) is 0 Å². The van der Waals surface area contributed by atoms with Crippen molar-refractivity contribution in [1.82, 2.24) is 4.98 Å². The molecule has 2 N–H and O–H groups in total. The number of nitrogens with zero attached hydrogens (tertiary/aromatic N) is 1. The summed E-state index contributed by atoms with van der Waals surface area (Å²) in [4.78, 5) is 4.34. The number of aryl methyl sites for hydroxylation is 1. The van der Waals surface area contributed by atoms with Gasteiger partial charge in [-0.05, 0) is 55.0 Å². The Hall–Kier alpha value is -2.46. The number of hydrogen-bond acceptors (Lipinski definition) is 2. The number of benzene rings is 2. The van der Waals surface area contributed by atoms with E-state index in [4.69, 9.17) is 12.2 Å². The highest BCUT2D eigenvalue weighted by molar-refractivity contribution is 7.80. The lowest BCUT2D eigenvalue weighted by Crippen LogP contribution is -2.19. The van der Waals surface area contributed by atoms with Crippen LogP contribution in [0.4, 0.5) is 11.4 Å². The summed E-state index contributed by atoms with van der Waals surface area (Å²) in [6.07, 6.45) is 1.79. The van der Waals surface area contributed by atoms with Gasteiger partial charge in [-0.2, -0.15) is 0 Å². The van der Waals surface area contributed by atoms with E-state index in [1.165, 1.54) is 0 Å². The Morgan fingerprint density at radius 3 is 2.52 bits per heavy atom. The minimum absolute atomic E-state index is 0.570. The maximum atomic E-state index is 5.40. The predicted octanol–water partition coefficient (Wildman–Crippen LogP) is 4.35. The van der Waals surface area contributed by atoms with Gasteiger partial charge in [-0.3, -0.25) is 4.98 Å². The lowest BCUT2D eigenvalue weighted by Gasteiger charge is -2.13. The number of nitrogens with one attached hydrogen (secondary N) is 2. The summed E-state index contributed by atoms with van der Waals surface area (Å²) >= 11 is 5.40. The van der Waals surface area contributed by atoms with Gasteiger partial charge in [0.1, 0.15) is 0 Å². The summed E-state index contributed by atoms with van der Waals surface area (Å²) in [5.74, 6) is 0. The van der Waals surface area contributed by atoms with Crippen LogP contribution in [0.2, 0.25) is 0 Å². The molecule has 0 aliphatic carbocycles. The molecule has 1 aromatic heterocycles. The molecule has 0 atom stereocenters. The van der Waals surface area contributed by atoms with Gasteiger partial charge in [-0.1, -0.05) is 24.3 Å². The van der Waals surface area contributed by atoms with Gasteiger partial charge >= 0.3 is 0 Å². The van der Waals surface area contributed by atoms with E-state index in [1.807, 2.05) is 61.5 Å². The van der Waals surface area contributed by atoms with E-state index in [2.05, 4.69) is 15.6 Å². The molecule has 0 amide bonds. The van der Waals surface area contributed by atoms with Gasteiger partial charge in [0.15, 0.2) is 5.11 Å². The first-order valence-corrected chi connectivity index (χ1v) is 7.12. The monoisotopic (exact) mass is 293 g/mol. The van der Waals surface area contributed by atoms with Crippen LogP contribution in [0.25, 0.3) is 10.9 Å². The molecule has 0 aliphatic rings. The number of anilines is 2. The largest absolute Gasteiger partial charge is 0.332 e. The number of aromatic nitrogens is 1. The first kappa shape index (κ1) is 13.5. The Morgan fingerprint density at radius 1 is 0.905 bits per heavy atom. The molecule has 104 valence electrons. The van der Waals surface area contributed by atoms with Gasteiger partial charge < -0.3 is 10.6 Å². The zero-order valence-electron chi connectivity index (χ0n) is 11.6. The maximum Gasteiger partial charge on any atom is 0.175 e. The third kappa shape index (κ3) is 3.01. The van der Waals surface area contributed by atoms with Crippen LogP contribution in [0, 0.1) is 6.92 Å². The van der Waals surface area contributed by atoms with Crippen molar-refractivity contribution < 1.29 is 0 Å². The van der Waals surface area contributed by atoms with Crippen LogP contribution in [0.3, 0.4) is 0 Å². The molecule has 0 unspecified atom stereocenters. The highest BCUT2D eigenvalue weighted by atomic mass is 32.1. The second-order valence-electron chi connectivity index (χ2n) is 4.77. The number of pyridine rings is 1. The smallest absolute Gasteiger partial charge is 0.175 e. The summed E-state index contributed by atoms with van der Waals surface area (Å²) < 4.78 is 0. The average Bonchev–Trinajstić information content (AvgIpc) is 2.50. The summed E-state index contributed by atoms with van der Waals surface area (Å²) in [6, 6.07) is 17.9. The van der Waals surface area contributed by atoms with E-state index in [0.29, 0.717) is 5.11 Å². The Bertz CT molecular complexity index is 793. The molecule has 0 radical (unpaired) electrons. The van der Waals surface area contributed by atoms with Gasteiger partial charge in [0.2, 0.25) is 0 Å². The summed E-state index contributed by atoms with van der Waals surface area (Å²) in [7, 11) is 0. The van der Waals surface area contributed by atoms with Crippen LogP contribution in [-0.2, 0) is 0 Å². The van der Waals surface area contributed by atoms with Crippen LogP contribution in [-0.4, -0.2) is 10.1 Å². The molecular formula is C17H15N3S. The number of hydrogen-bond donors (Lipinski definition) is 2. The minimum atomic E-state index is 0.570. The summed E-state index contributed by atoms with van der Waals surface area (Å²) in [5.41, 5.74) is 4.06. The molecule has 0 fully saturated rings. The van der Waals surface area contributed by atoms with Gasteiger partial charge in [0, 0.05) is 23.0 Å². The van der Waals surface area contributed by atoms with Gasteiger partial charge in [-0.15, -0.1) is 0 Å². The van der Waals surface area contributed by atoms with Gasteiger partial charge in [0.25, 0.3) is 0 Å². The first-order chi connectivity index (χ1) is 10.2. The molecule has 0 saturated heterocycles. The van der Waals surface area contributed by atoms with Crippen molar-refractivity contribution in [3.63, 3.8) is 0 Å². The third-order valence-electron chi connectivity index (χ3n) is 3.29. The first-order valence-electron chi connectivity index (χ1n) is 6.71. The number of para-hydroxylation sites is 1. The van der Waals surface area contributed by atoms with Crippen LogP contribution in [0.15, 0.2) is 60.8 Å². The fraction of sp³-hybridized carbons (Fsp3) is 0.0588. The van der Waals surface area contributed by atoms with E-state index >= 15 is 0 Å². The Kier molecular flexibility index (Phi) is 3.79. The fourth-order valence-electron chi connectivity index (χ4n) is 2.20. The molecule has 0 spiro atoms. The molecule has 1 heterocycles. The normalized spacial score (nSPS) is 10.3. The van der Waals surface area contributed by atoms with Crippen LogP contribution in [0.5, 0.6) is 0 Å². The number of rotatable bonds is 2. The van der Waals surface area contributed by atoms with E-state index in [0.717, 1.165) is 27.8 Å². The van der Waals surface area contributed by atoms with E-state index < -0.39 is 0 Å². The minimum Gasteiger partial charge on any atom is -0.332 e. The zero-order chi connectivity index (χ0) is 14.7. The van der Waals surface area contributed by atoms with E-state index in [-0.39, 0.29) is 0 Å². The van der Waals surface area contributed by atoms with Gasteiger partial charge in [0.05, 0.1) is 5.52 Å². The average molecular weight is 293 g/mol. The van der Waals surface area contributed by atoms with Crippen molar-refractivity contribution in [2.75, 3.05) is 10.6 Å². The topological polar surface area (TPSA) is 37.0 Å². The predicted molar refractivity (Wildman–Crippen MR) is 92.8 cm³/mol.